The molecule has 0 spiro atoms. The molecule has 0 unspecified atom stereocenters. The highest BCUT2D eigenvalue weighted by atomic mass is 19.1. The average molecular weight is 225 g/mol. The van der Waals surface area contributed by atoms with Crippen molar-refractivity contribution in [1.82, 2.24) is 5.32 Å². The van der Waals surface area contributed by atoms with Crippen molar-refractivity contribution in [3.05, 3.63) is 30.1 Å². The van der Waals surface area contributed by atoms with Crippen molar-refractivity contribution in [1.29, 1.82) is 0 Å². The fourth-order valence-corrected chi connectivity index (χ4v) is 1.71. The molecule has 0 aliphatic carbocycles. The minimum atomic E-state index is -0.884. The van der Waals surface area contributed by atoms with Crippen LogP contribution in [0.15, 0.2) is 24.3 Å². The SMILES string of the molecule is O=C(O)[C@@H]1C[C@H](Oc2cccc(F)c2)CN1. The highest BCUT2D eigenvalue weighted by Gasteiger charge is 2.30. The monoisotopic (exact) mass is 225 g/mol. The number of carboxylic acid groups (broad SMARTS) is 1. The molecule has 0 aromatic heterocycles. The maximum atomic E-state index is 12.9. The summed E-state index contributed by atoms with van der Waals surface area (Å²) < 4.78 is 18.3. The molecule has 2 N–H and O–H groups in total. The van der Waals surface area contributed by atoms with Crippen LogP contribution in [-0.4, -0.2) is 29.8 Å². The fourth-order valence-electron chi connectivity index (χ4n) is 1.71. The maximum Gasteiger partial charge on any atom is 0.320 e. The van der Waals surface area contributed by atoms with E-state index in [0.717, 1.165) is 0 Å². The Labute approximate surface area is 92.0 Å². The predicted octanol–water partition coefficient (Wildman–Crippen LogP) is 1.02. The van der Waals surface area contributed by atoms with Crippen LogP contribution in [0, 0.1) is 5.82 Å². The molecule has 1 saturated heterocycles. The zero-order valence-electron chi connectivity index (χ0n) is 8.52. The standard InChI is InChI=1S/C11H12FNO3/c12-7-2-1-3-8(4-7)16-9-5-10(11(14)15)13-6-9/h1-4,9-10,13H,5-6H2,(H,14,15)/t9-,10-/m0/s1. The molecule has 2 atom stereocenters. The number of rotatable bonds is 3. The Bertz CT molecular complexity index is 397. The van der Waals surface area contributed by atoms with Crippen LogP contribution >= 0.6 is 0 Å². The summed E-state index contributed by atoms with van der Waals surface area (Å²) in [5.74, 6) is -0.818. The molecule has 4 nitrogen and oxygen atoms in total. The average Bonchev–Trinajstić information content (AvgIpc) is 2.66. The van der Waals surface area contributed by atoms with Gasteiger partial charge in [0.1, 0.15) is 23.7 Å². The van der Waals surface area contributed by atoms with E-state index in [-0.39, 0.29) is 11.9 Å². The third kappa shape index (κ3) is 2.49. The maximum absolute atomic E-state index is 12.9. The van der Waals surface area contributed by atoms with Gasteiger partial charge in [-0.3, -0.25) is 4.79 Å². The first-order valence-corrected chi connectivity index (χ1v) is 5.03. The van der Waals surface area contributed by atoms with Crippen molar-refractivity contribution < 1.29 is 19.0 Å². The van der Waals surface area contributed by atoms with Crippen LogP contribution < -0.4 is 10.1 Å². The van der Waals surface area contributed by atoms with Gasteiger partial charge in [-0.1, -0.05) is 6.07 Å². The molecule has 1 aliphatic heterocycles. The fraction of sp³-hybridized carbons (Fsp3) is 0.364. The Balaban J connectivity index is 1.94. The lowest BCUT2D eigenvalue weighted by atomic mass is 10.2. The summed E-state index contributed by atoms with van der Waals surface area (Å²) in [5, 5.41) is 11.6. The van der Waals surface area contributed by atoms with E-state index in [1.165, 1.54) is 12.1 Å². The molecule has 0 amide bonds. The second-order valence-corrected chi connectivity index (χ2v) is 3.73. The van der Waals surface area contributed by atoms with Crippen LogP contribution in [0.4, 0.5) is 4.39 Å². The number of carboxylic acids is 1. The number of halogens is 1. The minimum Gasteiger partial charge on any atom is -0.489 e. The summed E-state index contributed by atoms with van der Waals surface area (Å²) in [7, 11) is 0. The second-order valence-electron chi connectivity index (χ2n) is 3.73. The molecule has 0 bridgehead atoms. The lowest BCUT2D eigenvalue weighted by molar-refractivity contribution is -0.139. The van der Waals surface area contributed by atoms with Gasteiger partial charge in [0.05, 0.1) is 0 Å². The number of hydrogen-bond donors (Lipinski definition) is 2. The minimum absolute atomic E-state index is 0.220. The summed E-state index contributed by atoms with van der Waals surface area (Å²) in [4.78, 5) is 10.7. The molecule has 0 radical (unpaired) electrons. The van der Waals surface area contributed by atoms with Crippen LogP contribution in [0.1, 0.15) is 6.42 Å². The van der Waals surface area contributed by atoms with Crippen molar-refractivity contribution in [2.75, 3.05) is 6.54 Å². The number of aliphatic carboxylic acids is 1. The van der Waals surface area contributed by atoms with Crippen LogP contribution in [0.3, 0.4) is 0 Å². The normalized spacial score (nSPS) is 24.3. The Morgan fingerprint density at radius 1 is 1.56 bits per heavy atom. The summed E-state index contributed by atoms with van der Waals surface area (Å²) in [5.41, 5.74) is 0. The van der Waals surface area contributed by atoms with Crippen molar-refractivity contribution >= 4 is 5.97 Å². The van der Waals surface area contributed by atoms with Gasteiger partial charge >= 0.3 is 5.97 Å². The van der Waals surface area contributed by atoms with Gasteiger partial charge in [-0.2, -0.15) is 0 Å². The highest BCUT2D eigenvalue weighted by molar-refractivity contribution is 5.73. The first kappa shape index (κ1) is 10.9. The van der Waals surface area contributed by atoms with Gasteiger partial charge in [-0.15, -0.1) is 0 Å². The number of benzene rings is 1. The molecule has 1 heterocycles. The molecule has 1 aliphatic rings. The van der Waals surface area contributed by atoms with E-state index in [0.29, 0.717) is 18.7 Å². The first-order chi connectivity index (χ1) is 7.65. The van der Waals surface area contributed by atoms with E-state index in [2.05, 4.69) is 5.32 Å². The van der Waals surface area contributed by atoms with Crippen molar-refractivity contribution in [2.24, 2.45) is 0 Å². The number of hydrogen-bond acceptors (Lipinski definition) is 3. The van der Waals surface area contributed by atoms with E-state index >= 15 is 0 Å². The smallest absolute Gasteiger partial charge is 0.320 e. The predicted molar refractivity (Wildman–Crippen MR) is 54.9 cm³/mol. The Kier molecular flexibility index (Phi) is 3.05. The first-order valence-electron chi connectivity index (χ1n) is 5.03. The van der Waals surface area contributed by atoms with Crippen LogP contribution in [0.25, 0.3) is 0 Å². The molecule has 1 fully saturated rings. The van der Waals surface area contributed by atoms with Gasteiger partial charge in [-0.05, 0) is 12.1 Å². The molecule has 1 aromatic rings. The summed E-state index contributed by atoms with van der Waals surface area (Å²) in [6, 6.07) is 5.26. The van der Waals surface area contributed by atoms with Crippen molar-refractivity contribution in [3.63, 3.8) is 0 Å². The van der Waals surface area contributed by atoms with E-state index in [1.807, 2.05) is 0 Å². The van der Waals surface area contributed by atoms with Crippen molar-refractivity contribution in [3.8, 4) is 5.75 Å². The molecule has 1 aromatic carbocycles. The van der Waals surface area contributed by atoms with Gasteiger partial charge in [0.2, 0.25) is 0 Å². The van der Waals surface area contributed by atoms with E-state index in [1.54, 1.807) is 12.1 Å². The number of nitrogens with one attached hydrogen (secondary N) is 1. The van der Waals surface area contributed by atoms with E-state index in [9.17, 15) is 9.18 Å². The van der Waals surface area contributed by atoms with Crippen LogP contribution in [-0.2, 0) is 4.79 Å². The molecule has 0 saturated carbocycles. The Hall–Kier alpha value is -1.62. The topological polar surface area (TPSA) is 58.6 Å². The van der Waals surface area contributed by atoms with Crippen LogP contribution in [0.5, 0.6) is 5.75 Å². The summed E-state index contributed by atoms with van der Waals surface area (Å²) in [6.07, 6.45) is 0.175. The molecule has 2 rings (SSSR count). The third-order valence-electron chi connectivity index (χ3n) is 2.49. The molecular formula is C11H12FNO3. The number of ether oxygens (including phenoxy) is 1. The molecule has 5 heteroatoms. The zero-order chi connectivity index (χ0) is 11.5. The van der Waals surface area contributed by atoms with Gasteiger partial charge in [0, 0.05) is 19.0 Å². The molecule has 86 valence electrons. The lowest BCUT2D eigenvalue weighted by Gasteiger charge is -2.12. The van der Waals surface area contributed by atoms with Gasteiger partial charge in [0.25, 0.3) is 0 Å². The molecule has 16 heavy (non-hydrogen) atoms. The molecular weight excluding hydrogens is 213 g/mol. The van der Waals surface area contributed by atoms with E-state index in [4.69, 9.17) is 9.84 Å². The summed E-state index contributed by atoms with van der Waals surface area (Å²) in [6.45, 7) is 0.466. The van der Waals surface area contributed by atoms with E-state index < -0.39 is 12.0 Å². The summed E-state index contributed by atoms with van der Waals surface area (Å²) >= 11 is 0. The third-order valence-corrected chi connectivity index (χ3v) is 2.49. The van der Waals surface area contributed by atoms with Gasteiger partial charge in [-0.25, -0.2) is 4.39 Å². The lowest BCUT2D eigenvalue weighted by Crippen LogP contribution is -2.30. The Morgan fingerprint density at radius 3 is 3.00 bits per heavy atom. The largest absolute Gasteiger partial charge is 0.489 e. The Morgan fingerprint density at radius 2 is 2.38 bits per heavy atom. The quantitative estimate of drug-likeness (QED) is 0.806. The number of carbonyl (C=O) groups is 1. The van der Waals surface area contributed by atoms with Crippen LogP contribution in [0.2, 0.25) is 0 Å². The second kappa shape index (κ2) is 4.49. The van der Waals surface area contributed by atoms with Gasteiger partial charge < -0.3 is 15.2 Å². The van der Waals surface area contributed by atoms with Crippen molar-refractivity contribution in [2.45, 2.75) is 18.6 Å². The zero-order valence-corrected chi connectivity index (χ0v) is 8.52. The highest BCUT2D eigenvalue weighted by Crippen LogP contribution is 2.18. The van der Waals surface area contributed by atoms with Gasteiger partial charge in [0.15, 0.2) is 0 Å².